The van der Waals surface area contributed by atoms with Crippen LogP contribution in [0.5, 0.6) is 0 Å². The number of rotatable bonds is 3. The fraction of sp³-hybridized carbons (Fsp3) is 0.600. The van der Waals surface area contributed by atoms with Gasteiger partial charge in [-0.2, -0.15) is 0 Å². The summed E-state index contributed by atoms with van der Waals surface area (Å²) >= 11 is 1.84. The molecule has 1 nitrogen and oxygen atoms in total. The van der Waals surface area contributed by atoms with Gasteiger partial charge < -0.3 is 5.73 Å². The van der Waals surface area contributed by atoms with Crippen LogP contribution in [0.2, 0.25) is 0 Å². The van der Waals surface area contributed by atoms with Crippen LogP contribution < -0.4 is 5.73 Å². The SMILES string of the molecule is NC1(CCc2cccs2)CCC1. The monoisotopic (exact) mass is 181 g/mol. The minimum Gasteiger partial charge on any atom is -0.325 e. The molecule has 2 rings (SSSR count). The fourth-order valence-corrected chi connectivity index (χ4v) is 2.42. The van der Waals surface area contributed by atoms with Gasteiger partial charge in [0.25, 0.3) is 0 Å². The molecule has 0 radical (unpaired) electrons. The van der Waals surface area contributed by atoms with E-state index in [2.05, 4.69) is 17.5 Å². The lowest BCUT2D eigenvalue weighted by Crippen LogP contribution is -2.46. The molecule has 0 spiro atoms. The molecule has 2 heteroatoms. The molecule has 66 valence electrons. The molecule has 0 aromatic carbocycles. The summed E-state index contributed by atoms with van der Waals surface area (Å²) in [5, 5.41) is 2.14. The Labute approximate surface area is 77.6 Å². The van der Waals surface area contributed by atoms with Gasteiger partial charge in [0.2, 0.25) is 0 Å². The molecule has 1 aromatic heterocycles. The summed E-state index contributed by atoms with van der Waals surface area (Å²) in [6.45, 7) is 0. The van der Waals surface area contributed by atoms with E-state index in [-0.39, 0.29) is 5.54 Å². The first-order valence-electron chi connectivity index (χ1n) is 4.60. The number of hydrogen-bond donors (Lipinski definition) is 1. The second-order valence-electron chi connectivity index (χ2n) is 3.80. The van der Waals surface area contributed by atoms with Crippen molar-refractivity contribution >= 4 is 11.3 Å². The van der Waals surface area contributed by atoms with E-state index in [0.29, 0.717) is 0 Å². The van der Waals surface area contributed by atoms with Crippen LogP contribution in [0, 0.1) is 0 Å². The van der Waals surface area contributed by atoms with E-state index in [9.17, 15) is 0 Å². The summed E-state index contributed by atoms with van der Waals surface area (Å²) in [6, 6.07) is 4.32. The Morgan fingerprint density at radius 3 is 2.83 bits per heavy atom. The minimum atomic E-state index is 0.198. The van der Waals surface area contributed by atoms with E-state index in [1.165, 1.54) is 37.0 Å². The fourth-order valence-electron chi connectivity index (χ4n) is 1.71. The number of hydrogen-bond acceptors (Lipinski definition) is 2. The number of thiophene rings is 1. The highest BCUT2D eigenvalue weighted by molar-refractivity contribution is 7.09. The lowest BCUT2D eigenvalue weighted by atomic mass is 9.74. The maximum absolute atomic E-state index is 6.12. The van der Waals surface area contributed by atoms with Gasteiger partial charge in [0, 0.05) is 10.4 Å². The van der Waals surface area contributed by atoms with Gasteiger partial charge >= 0.3 is 0 Å². The first-order valence-corrected chi connectivity index (χ1v) is 5.48. The highest BCUT2D eigenvalue weighted by Crippen LogP contribution is 2.33. The molecule has 0 unspecified atom stereocenters. The van der Waals surface area contributed by atoms with Crippen LogP contribution in [0.3, 0.4) is 0 Å². The van der Waals surface area contributed by atoms with E-state index in [1.54, 1.807) is 0 Å². The Morgan fingerprint density at radius 2 is 2.33 bits per heavy atom. The van der Waals surface area contributed by atoms with E-state index < -0.39 is 0 Å². The molecule has 0 aliphatic heterocycles. The Hall–Kier alpha value is -0.340. The van der Waals surface area contributed by atoms with Crippen LogP contribution in [0.15, 0.2) is 17.5 Å². The molecule has 2 N–H and O–H groups in total. The van der Waals surface area contributed by atoms with Crippen LogP contribution in [0.4, 0.5) is 0 Å². The summed E-state index contributed by atoms with van der Waals surface area (Å²) in [5.74, 6) is 0. The van der Waals surface area contributed by atoms with Crippen molar-refractivity contribution in [3.05, 3.63) is 22.4 Å². The molecular weight excluding hydrogens is 166 g/mol. The summed E-state index contributed by atoms with van der Waals surface area (Å²) in [7, 11) is 0. The summed E-state index contributed by atoms with van der Waals surface area (Å²) in [4.78, 5) is 1.48. The van der Waals surface area contributed by atoms with Crippen LogP contribution in [0.1, 0.15) is 30.6 Å². The summed E-state index contributed by atoms with van der Waals surface area (Å²) in [5.41, 5.74) is 6.32. The smallest absolute Gasteiger partial charge is 0.0157 e. The van der Waals surface area contributed by atoms with Gasteiger partial charge in [0.05, 0.1) is 0 Å². The van der Waals surface area contributed by atoms with Crippen molar-refractivity contribution in [2.24, 2.45) is 5.73 Å². The van der Waals surface area contributed by atoms with Gasteiger partial charge in [-0.15, -0.1) is 11.3 Å². The third-order valence-corrected chi connectivity index (χ3v) is 3.73. The van der Waals surface area contributed by atoms with Gasteiger partial charge in [-0.1, -0.05) is 6.07 Å². The van der Waals surface area contributed by atoms with E-state index >= 15 is 0 Å². The highest BCUT2D eigenvalue weighted by atomic mass is 32.1. The molecular formula is C10H15NS. The van der Waals surface area contributed by atoms with Crippen molar-refractivity contribution < 1.29 is 0 Å². The highest BCUT2D eigenvalue weighted by Gasteiger charge is 2.31. The van der Waals surface area contributed by atoms with Crippen molar-refractivity contribution in [3.8, 4) is 0 Å². The van der Waals surface area contributed by atoms with Gasteiger partial charge in [-0.3, -0.25) is 0 Å². The molecule has 1 aliphatic carbocycles. The maximum Gasteiger partial charge on any atom is 0.0157 e. The average Bonchev–Trinajstić information content (AvgIpc) is 2.49. The molecule has 0 bridgehead atoms. The molecule has 1 aromatic rings. The second kappa shape index (κ2) is 3.19. The van der Waals surface area contributed by atoms with Crippen LogP contribution >= 0.6 is 11.3 Å². The quantitative estimate of drug-likeness (QED) is 0.762. The van der Waals surface area contributed by atoms with Crippen LogP contribution in [-0.2, 0) is 6.42 Å². The maximum atomic E-state index is 6.12. The van der Waals surface area contributed by atoms with Gasteiger partial charge in [0.1, 0.15) is 0 Å². The Kier molecular flexibility index (Phi) is 2.20. The summed E-state index contributed by atoms with van der Waals surface area (Å²) < 4.78 is 0. The Balaban J connectivity index is 1.82. The minimum absolute atomic E-state index is 0.198. The Bertz CT molecular complexity index is 236. The topological polar surface area (TPSA) is 26.0 Å². The van der Waals surface area contributed by atoms with E-state index in [0.717, 1.165) is 0 Å². The average molecular weight is 181 g/mol. The molecule has 0 saturated heterocycles. The third-order valence-electron chi connectivity index (χ3n) is 2.80. The number of aryl methyl sites for hydroxylation is 1. The predicted octanol–water partition coefficient (Wildman–Crippen LogP) is 2.56. The lowest BCUT2D eigenvalue weighted by Gasteiger charge is -2.38. The van der Waals surface area contributed by atoms with Crippen LogP contribution in [0.25, 0.3) is 0 Å². The van der Waals surface area contributed by atoms with Crippen molar-refractivity contribution in [2.75, 3.05) is 0 Å². The molecule has 0 amide bonds. The largest absolute Gasteiger partial charge is 0.325 e. The van der Waals surface area contributed by atoms with E-state index in [4.69, 9.17) is 5.73 Å². The zero-order valence-electron chi connectivity index (χ0n) is 7.25. The van der Waals surface area contributed by atoms with Crippen molar-refractivity contribution in [1.29, 1.82) is 0 Å². The number of nitrogens with two attached hydrogens (primary N) is 1. The zero-order chi connectivity index (χ0) is 8.44. The Morgan fingerprint density at radius 1 is 1.50 bits per heavy atom. The first-order chi connectivity index (χ1) is 5.79. The van der Waals surface area contributed by atoms with Gasteiger partial charge in [0.15, 0.2) is 0 Å². The molecule has 12 heavy (non-hydrogen) atoms. The normalized spacial score (nSPS) is 20.4. The van der Waals surface area contributed by atoms with E-state index in [1.807, 2.05) is 11.3 Å². The van der Waals surface area contributed by atoms with Gasteiger partial charge in [-0.25, -0.2) is 0 Å². The molecule has 1 fully saturated rings. The molecule has 1 aliphatic rings. The molecule has 1 saturated carbocycles. The second-order valence-corrected chi connectivity index (χ2v) is 4.83. The summed E-state index contributed by atoms with van der Waals surface area (Å²) in [6.07, 6.45) is 6.15. The van der Waals surface area contributed by atoms with Gasteiger partial charge in [-0.05, 0) is 43.6 Å². The van der Waals surface area contributed by atoms with Crippen molar-refractivity contribution in [2.45, 2.75) is 37.6 Å². The first kappa shape index (κ1) is 8.27. The lowest BCUT2D eigenvalue weighted by molar-refractivity contribution is 0.232. The van der Waals surface area contributed by atoms with Crippen LogP contribution in [-0.4, -0.2) is 5.54 Å². The van der Waals surface area contributed by atoms with Crippen molar-refractivity contribution in [1.82, 2.24) is 0 Å². The third kappa shape index (κ3) is 1.70. The standard InChI is InChI=1S/C10H15NS/c11-10(5-2-6-10)7-4-9-3-1-8-12-9/h1,3,8H,2,4-7,11H2. The molecule has 0 atom stereocenters. The van der Waals surface area contributed by atoms with Crippen molar-refractivity contribution in [3.63, 3.8) is 0 Å². The molecule has 1 heterocycles. The zero-order valence-corrected chi connectivity index (χ0v) is 8.07. The predicted molar refractivity (Wildman–Crippen MR) is 53.4 cm³/mol.